The van der Waals surface area contributed by atoms with Crippen LogP contribution in [0.15, 0.2) is 52.2 Å². The number of methoxy groups -OCH3 is 1. The van der Waals surface area contributed by atoms with Crippen molar-refractivity contribution in [1.82, 2.24) is 10.6 Å². The van der Waals surface area contributed by atoms with E-state index in [9.17, 15) is 14.7 Å². The number of halogens is 2. The maximum atomic E-state index is 13.1. The predicted octanol–water partition coefficient (Wildman–Crippen LogP) is 3.90. The van der Waals surface area contributed by atoms with Crippen LogP contribution in [0.3, 0.4) is 0 Å². The van der Waals surface area contributed by atoms with Crippen LogP contribution in [0.1, 0.15) is 31.2 Å². The molecule has 2 aliphatic carbocycles. The van der Waals surface area contributed by atoms with Crippen LogP contribution in [0, 0.1) is 5.41 Å². The summed E-state index contributed by atoms with van der Waals surface area (Å²) in [5, 5.41) is 17.1. The van der Waals surface area contributed by atoms with Crippen LogP contribution in [0.25, 0.3) is 0 Å². The van der Waals surface area contributed by atoms with E-state index < -0.39 is 17.9 Å². The van der Waals surface area contributed by atoms with Gasteiger partial charge in [-0.3, -0.25) is 4.79 Å². The van der Waals surface area contributed by atoms with Crippen molar-refractivity contribution >= 4 is 43.7 Å². The molecular weight excluding hydrogens is 528 g/mol. The third-order valence-corrected chi connectivity index (χ3v) is 8.49. The lowest BCUT2D eigenvalue weighted by molar-refractivity contribution is -0.144. The summed E-state index contributed by atoms with van der Waals surface area (Å²) in [5.41, 5.74) is 0.669. The van der Waals surface area contributed by atoms with E-state index in [1.807, 2.05) is 37.4 Å². The van der Waals surface area contributed by atoms with Gasteiger partial charge in [-0.05, 0) is 25.5 Å². The maximum Gasteiger partial charge on any atom is 0.328 e. The summed E-state index contributed by atoms with van der Waals surface area (Å²) in [5.74, 6) is -1.14. The molecule has 1 aromatic rings. The molecule has 1 saturated carbocycles. The monoisotopic (exact) mass is 554 g/mol. The average Bonchev–Trinajstić information content (AvgIpc) is 2.79. The van der Waals surface area contributed by atoms with E-state index in [0.717, 1.165) is 31.2 Å². The highest BCUT2D eigenvalue weighted by molar-refractivity contribution is 9.12. The van der Waals surface area contributed by atoms with E-state index in [1.165, 1.54) is 7.11 Å². The first kappa shape index (κ1) is 24.0. The molecule has 168 valence electrons. The second kappa shape index (κ2) is 10.3. The van der Waals surface area contributed by atoms with Gasteiger partial charge in [0.15, 0.2) is 0 Å². The molecule has 3 N–H and O–H groups in total. The lowest BCUT2D eigenvalue weighted by Gasteiger charge is -2.48. The summed E-state index contributed by atoms with van der Waals surface area (Å²) in [6, 6.07) is 8.69. The second-order valence-electron chi connectivity index (χ2n) is 8.01. The minimum Gasteiger partial charge on any atom is -0.506 e. The molecule has 0 saturated heterocycles. The zero-order chi connectivity index (χ0) is 22.6. The third kappa shape index (κ3) is 4.76. The molecule has 2 aliphatic rings. The normalized spacial score (nSPS) is 26.9. The fraction of sp³-hybridized carbons (Fsp3) is 0.478. The molecule has 1 fully saturated rings. The van der Waals surface area contributed by atoms with Gasteiger partial charge in [-0.2, -0.15) is 0 Å². The van der Waals surface area contributed by atoms with Crippen molar-refractivity contribution in [2.75, 3.05) is 14.2 Å². The fourth-order valence-electron chi connectivity index (χ4n) is 4.63. The van der Waals surface area contributed by atoms with Gasteiger partial charge in [0, 0.05) is 27.2 Å². The van der Waals surface area contributed by atoms with Gasteiger partial charge < -0.3 is 20.5 Å². The Kier molecular flexibility index (Phi) is 7.99. The number of esters is 1. The Morgan fingerprint density at radius 3 is 2.65 bits per heavy atom. The van der Waals surface area contributed by atoms with E-state index in [2.05, 4.69) is 42.5 Å². The van der Waals surface area contributed by atoms with E-state index in [1.54, 1.807) is 6.08 Å². The van der Waals surface area contributed by atoms with Crippen molar-refractivity contribution in [3.8, 4) is 0 Å². The van der Waals surface area contributed by atoms with Gasteiger partial charge in [0.1, 0.15) is 11.8 Å². The van der Waals surface area contributed by atoms with Gasteiger partial charge in [-0.25, -0.2) is 4.79 Å². The Balaban J connectivity index is 1.85. The highest BCUT2D eigenvalue weighted by Crippen LogP contribution is 2.54. The molecule has 1 spiro atoms. The summed E-state index contributed by atoms with van der Waals surface area (Å²) >= 11 is 7.38. The zero-order valence-electron chi connectivity index (χ0n) is 17.7. The number of aliphatic hydroxyl groups is 1. The quantitative estimate of drug-likeness (QED) is 0.366. The molecule has 6 nitrogen and oxygen atoms in total. The second-order valence-corrected chi connectivity index (χ2v) is 9.79. The van der Waals surface area contributed by atoms with Crippen molar-refractivity contribution < 1.29 is 19.4 Å². The number of amides is 1. The van der Waals surface area contributed by atoms with E-state index in [-0.39, 0.29) is 27.6 Å². The van der Waals surface area contributed by atoms with Crippen LogP contribution in [0.5, 0.6) is 0 Å². The SMILES string of the molecule is CNC1CCCCC12C(Br)=C(O)C(C(=O)NC(Cc1ccccc1)C(=O)OC)=CC2Br. The number of alkyl halides is 1. The number of aliphatic hydroxyl groups excluding tert-OH is 1. The van der Waals surface area contributed by atoms with Crippen molar-refractivity contribution in [2.24, 2.45) is 5.41 Å². The summed E-state index contributed by atoms with van der Waals surface area (Å²) in [6.45, 7) is 0. The number of hydrogen-bond acceptors (Lipinski definition) is 5. The number of ether oxygens (including phenoxy) is 1. The van der Waals surface area contributed by atoms with Crippen LogP contribution in [0.4, 0.5) is 0 Å². The van der Waals surface area contributed by atoms with Gasteiger partial charge in [-0.1, -0.05) is 81.1 Å². The average molecular weight is 556 g/mol. The molecule has 0 aliphatic heterocycles. The van der Waals surface area contributed by atoms with Crippen LogP contribution >= 0.6 is 31.9 Å². The van der Waals surface area contributed by atoms with Gasteiger partial charge >= 0.3 is 5.97 Å². The van der Waals surface area contributed by atoms with Crippen LogP contribution in [0.2, 0.25) is 0 Å². The zero-order valence-corrected chi connectivity index (χ0v) is 20.8. The third-order valence-electron chi connectivity index (χ3n) is 6.30. The molecule has 0 aromatic heterocycles. The number of rotatable bonds is 6. The number of hydrogen-bond donors (Lipinski definition) is 3. The molecule has 1 amide bonds. The Morgan fingerprint density at radius 1 is 1.29 bits per heavy atom. The molecule has 0 bridgehead atoms. The lowest BCUT2D eigenvalue weighted by atomic mass is 9.65. The number of carbonyl (C=O) groups is 2. The molecule has 0 radical (unpaired) electrons. The number of allylic oxidation sites excluding steroid dienone is 1. The standard InChI is InChI=1S/C23H28Br2N2O4/c1-26-18-10-6-7-11-23(18)17(24)13-15(19(28)20(23)25)21(29)27-16(22(30)31-2)12-14-8-4-3-5-9-14/h3-5,8-9,13,16-18,26,28H,6-7,10-12H2,1-2H3,(H,27,29). The van der Waals surface area contributed by atoms with E-state index in [0.29, 0.717) is 10.9 Å². The molecule has 3 rings (SSSR count). The van der Waals surface area contributed by atoms with E-state index >= 15 is 0 Å². The predicted molar refractivity (Wildman–Crippen MR) is 127 cm³/mol. The largest absolute Gasteiger partial charge is 0.506 e. The minimum absolute atomic E-state index is 0.0846. The minimum atomic E-state index is -0.864. The smallest absolute Gasteiger partial charge is 0.328 e. The highest BCUT2D eigenvalue weighted by Gasteiger charge is 2.51. The number of nitrogens with one attached hydrogen (secondary N) is 2. The van der Waals surface area contributed by atoms with Crippen molar-refractivity contribution in [3.05, 3.63) is 57.8 Å². The Bertz CT molecular complexity index is 887. The van der Waals surface area contributed by atoms with Gasteiger partial charge in [0.05, 0.1) is 12.7 Å². The Morgan fingerprint density at radius 2 is 2.00 bits per heavy atom. The van der Waals surface area contributed by atoms with Crippen molar-refractivity contribution in [1.29, 1.82) is 0 Å². The van der Waals surface area contributed by atoms with Gasteiger partial charge in [0.2, 0.25) is 0 Å². The summed E-state index contributed by atoms with van der Waals surface area (Å²) in [7, 11) is 3.21. The number of carbonyl (C=O) groups excluding carboxylic acids is 2. The van der Waals surface area contributed by atoms with Gasteiger partial charge in [-0.15, -0.1) is 0 Å². The van der Waals surface area contributed by atoms with Crippen LogP contribution in [-0.2, 0) is 20.7 Å². The molecule has 31 heavy (non-hydrogen) atoms. The van der Waals surface area contributed by atoms with Crippen LogP contribution in [-0.4, -0.2) is 48.1 Å². The Hall–Kier alpha value is -1.64. The molecular formula is C23H28Br2N2O4. The fourth-order valence-corrected chi connectivity index (χ4v) is 6.91. The van der Waals surface area contributed by atoms with Crippen molar-refractivity contribution in [2.45, 2.75) is 49.0 Å². The first-order chi connectivity index (χ1) is 14.8. The van der Waals surface area contributed by atoms with Crippen molar-refractivity contribution in [3.63, 3.8) is 0 Å². The van der Waals surface area contributed by atoms with E-state index in [4.69, 9.17) is 4.74 Å². The Labute approximate surface area is 199 Å². The highest BCUT2D eigenvalue weighted by atomic mass is 79.9. The molecule has 8 heteroatoms. The lowest BCUT2D eigenvalue weighted by Crippen LogP contribution is -2.53. The maximum absolute atomic E-state index is 13.1. The topological polar surface area (TPSA) is 87.7 Å². The summed E-state index contributed by atoms with van der Waals surface area (Å²) in [6.07, 6.45) is 6.07. The van der Waals surface area contributed by atoms with Crippen LogP contribution < -0.4 is 10.6 Å². The number of benzene rings is 1. The summed E-state index contributed by atoms with van der Waals surface area (Å²) < 4.78 is 5.50. The first-order valence-corrected chi connectivity index (χ1v) is 12.1. The van der Waals surface area contributed by atoms with Gasteiger partial charge in [0.25, 0.3) is 5.91 Å². The molecule has 0 heterocycles. The first-order valence-electron chi connectivity index (χ1n) is 10.4. The molecule has 4 unspecified atom stereocenters. The molecule has 4 atom stereocenters. The summed E-state index contributed by atoms with van der Waals surface area (Å²) in [4.78, 5) is 25.3. The molecule has 1 aromatic carbocycles.